The first kappa shape index (κ1) is 6.00. The highest BCUT2D eigenvalue weighted by Gasteiger charge is 2.10. The van der Waals surface area contributed by atoms with Crippen molar-refractivity contribution in [3.63, 3.8) is 0 Å². The van der Waals surface area contributed by atoms with Gasteiger partial charge in [0.05, 0.1) is 0 Å². The summed E-state index contributed by atoms with van der Waals surface area (Å²) < 4.78 is 1.94. The van der Waals surface area contributed by atoms with Gasteiger partial charge in [0.25, 0.3) is 0 Å². The van der Waals surface area contributed by atoms with Gasteiger partial charge in [0.2, 0.25) is 0 Å². The molecule has 0 aliphatic carbocycles. The van der Waals surface area contributed by atoms with Crippen molar-refractivity contribution in [2.24, 2.45) is 5.73 Å². The van der Waals surface area contributed by atoms with Crippen molar-refractivity contribution in [2.75, 3.05) is 0 Å². The van der Waals surface area contributed by atoms with Gasteiger partial charge in [-0.25, -0.2) is 4.98 Å². The maximum atomic E-state index is 5.71. The van der Waals surface area contributed by atoms with Crippen LogP contribution < -0.4 is 5.73 Å². The van der Waals surface area contributed by atoms with E-state index in [2.05, 4.69) is 4.98 Å². The molecule has 0 bridgehead atoms. The Labute approximate surface area is 62.9 Å². The van der Waals surface area contributed by atoms with E-state index in [0.29, 0.717) is 0 Å². The third-order valence-electron chi connectivity index (χ3n) is 1.40. The fraction of sp³-hybridized carbons (Fsp3) is 0.167. The van der Waals surface area contributed by atoms with Crippen LogP contribution in [-0.4, -0.2) is 9.55 Å². The Hall–Kier alpha value is -0.740. The van der Waals surface area contributed by atoms with Gasteiger partial charge in [-0.2, -0.15) is 0 Å². The van der Waals surface area contributed by atoms with Crippen molar-refractivity contribution in [2.45, 2.75) is 11.3 Å². The summed E-state index contributed by atoms with van der Waals surface area (Å²) in [4.78, 5) is 4.10. The van der Waals surface area contributed by atoms with Crippen LogP contribution in [0.15, 0.2) is 29.0 Å². The molecule has 3 nitrogen and oxygen atoms in total. The fourth-order valence-corrected chi connectivity index (χ4v) is 1.68. The van der Waals surface area contributed by atoms with Gasteiger partial charge in [0.15, 0.2) is 5.16 Å². The summed E-state index contributed by atoms with van der Waals surface area (Å²) in [5.74, 6) is 0. The van der Waals surface area contributed by atoms with Crippen molar-refractivity contribution in [1.82, 2.24) is 9.55 Å². The van der Waals surface area contributed by atoms with Crippen LogP contribution in [0.3, 0.4) is 0 Å². The molecule has 0 saturated carbocycles. The van der Waals surface area contributed by atoms with Crippen LogP contribution in [0.5, 0.6) is 0 Å². The molecule has 4 heteroatoms. The minimum absolute atomic E-state index is 0.0289. The number of nitrogens with zero attached hydrogens (tertiary/aromatic N) is 2. The first-order valence-electron chi connectivity index (χ1n) is 2.99. The lowest BCUT2D eigenvalue weighted by Crippen LogP contribution is -2.17. The van der Waals surface area contributed by atoms with Crippen molar-refractivity contribution >= 4 is 11.8 Å². The molecule has 2 rings (SSSR count). The molecule has 0 radical (unpaired) electrons. The Morgan fingerprint density at radius 1 is 1.70 bits per heavy atom. The molecule has 2 N–H and O–H groups in total. The minimum atomic E-state index is -0.0289. The average Bonchev–Trinajstić information content (AvgIpc) is 2.36. The minimum Gasteiger partial charge on any atom is -0.308 e. The molecule has 0 fully saturated rings. The number of rotatable bonds is 0. The number of hydrogen-bond donors (Lipinski definition) is 1. The van der Waals surface area contributed by atoms with Gasteiger partial charge in [-0.1, -0.05) is 11.8 Å². The quantitative estimate of drug-likeness (QED) is 0.603. The van der Waals surface area contributed by atoms with Crippen molar-refractivity contribution in [1.29, 1.82) is 0 Å². The number of imidazole rings is 1. The fourth-order valence-electron chi connectivity index (χ4n) is 0.891. The highest BCUT2D eigenvalue weighted by atomic mass is 32.2. The summed E-state index contributed by atoms with van der Waals surface area (Å²) in [7, 11) is 0. The summed E-state index contributed by atoms with van der Waals surface area (Å²) in [6.07, 6.45) is 5.56. The maximum Gasteiger partial charge on any atom is 0.173 e. The molecular formula is C6H7N3S. The third kappa shape index (κ3) is 0.767. The van der Waals surface area contributed by atoms with Gasteiger partial charge in [0, 0.05) is 12.4 Å². The second-order valence-corrected chi connectivity index (χ2v) is 2.93. The molecule has 0 aromatic carbocycles. The van der Waals surface area contributed by atoms with Gasteiger partial charge < -0.3 is 10.3 Å². The molecular weight excluding hydrogens is 146 g/mol. The molecule has 52 valence electrons. The Morgan fingerprint density at radius 3 is 3.40 bits per heavy atom. The Balaban J connectivity index is 2.48. The predicted molar refractivity (Wildman–Crippen MR) is 40.4 cm³/mol. The van der Waals surface area contributed by atoms with Gasteiger partial charge in [0.1, 0.15) is 6.17 Å². The third-order valence-corrected chi connectivity index (χ3v) is 2.22. The first-order valence-corrected chi connectivity index (χ1v) is 3.87. The molecule has 0 spiro atoms. The average molecular weight is 153 g/mol. The van der Waals surface area contributed by atoms with Gasteiger partial charge >= 0.3 is 0 Å². The van der Waals surface area contributed by atoms with E-state index in [-0.39, 0.29) is 6.17 Å². The second-order valence-electron chi connectivity index (χ2n) is 2.05. The zero-order chi connectivity index (χ0) is 6.97. The smallest absolute Gasteiger partial charge is 0.173 e. The van der Waals surface area contributed by atoms with Crippen LogP contribution in [0.4, 0.5) is 0 Å². The lowest BCUT2D eigenvalue weighted by atomic mass is 10.5. The molecule has 1 aliphatic heterocycles. The van der Waals surface area contributed by atoms with E-state index in [9.17, 15) is 0 Å². The lowest BCUT2D eigenvalue weighted by molar-refractivity contribution is 0.572. The van der Waals surface area contributed by atoms with Gasteiger partial charge in [-0.3, -0.25) is 0 Å². The summed E-state index contributed by atoms with van der Waals surface area (Å²) in [6, 6.07) is 0. The van der Waals surface area contributed by atoms with E-state index in [4.69, 9.17) is 5.73 Å². The van der Waals surface area contributed by atoms with E-state index in [0.717, 1.165) is 5.16 Å². The lowest BCUT2D eigenvalue weighted by Gasteiger charge is -2.14. The largest absolute Gasteiger partial charge is 0.308 e. The molecule has 0 saturated heterocycles. The van der Waals surface area contributed by atoms with Gasteiger partial charge in [-0.15, -0.1) is 0 Å². The van der Waals surface area contributed by atoms with Crippen molar-refractivity contribution < 1.29 is 0 Å². The number of nitrogens with two attached hydrogens (primary N) is 1. The van der Waals surface area contributed by atoms with E-state index < -0.39 is 0 Å². The monoisotopic (exact) mass is 153 g/mol. The zero-order valence-corrected chi connectivity index (χ0v) is 6.08. The molecule has 1 aromatic heterocycles. The number of fused-ring (bicyclic) bond motifs is 1. The van der Waals surface area contributed by atoms with Crippen LogP contribution in [0.1, 0.15) is 6.17 Å². The molecule has 0 amide bonds. The van der Waals surface area contributed by atoms with Crippen LogP contribution >= 0.6 is 11.8 Å². The predicted octanol–water partition coefficient (Wildman–Crippen LogP) is 0.960. The summed E-state index contributed by atoms with van der Waals surface area (Å²) in [6.45, 7) is 0. The van der Waals surface area contributed by atoms with E-state index in [1.54, 1.807) is 18.0 Å². The number of aromatic nitrogens is 2. The maximum absolute atomic E-state index is 5.71. The Kier molecular flexibility index (Phi) is 1.28. The number of hydrogen-bond acceptors (Lipinski definition) is 3. The van der Waals surface area contributed by atoms with Gasteiger partial charge in [-0.05, 0) is 11.5 Å². The molecule has 10 heavy (non-hydrogen) atoms. The Morgan fingerprint density at radius 2 is 2.60 bits per heavy atom. The standard InChI is InChI=1S/C6H7N3S/c7-5-1-4-10-6-8-2-3-9(5)6/h1-5H,7H2. The zero-order valence-electron chi connectivity index (χ0n) is 5.27. The van der Waals surface area contributed by atoms with E-state index >= 15 is 0 Å². The summed E-state index contributed by atoms with van der Waals surface area (Å²) in [5.41, 5.74) is 5.71. The van der Waals surface area contributed by atoms with E-state index in [1.807, 2.05) is 22.2 Å². The van der Waals surface area contributed by atoms with Crippen molar-refractivity contribution in [3.8, 4) is 0 Å². The SMILES string of the molecule is NC1C=CSc2nccn21. The molecule has 2 heterocycles. The molecule has 1 aliphatic rings. The molecule has 1 aromatic rings. The summed E-state index contributed by atoms with van der Waals surface area (Å²) >= 11 is 1.59. The normalized spacial score (nSPS) is 22.7. The highest BCUT2D eigenvalue weighted by molar-refractivity contribution is 8.02. The van der Waals surface area contributed by atoms with Crippen molar-refractivity contribution in [3.05, 3.63) is 23.9 Å². The van der Waals surface area contributed by atoms with Crippen LogP contribution in [0, 0.1) is 0 Å². The molecule has 1 unspecified atom stereocenters. The molecule has 1 atom stereocenters. The van der Waals surface area contributed by atoms with Crippen LogP contribution in [0.2, 0.25) is 0 Å². The van der Waals surface area contributed by atoms with Crippen LogP contribution in [0.25, 0.3) is 0 Å². The topological polar surface area (TPSA) is 43.8 Å². The summed E-state index contributed by atoms with van der Waals surface area (Å²) in [5, 5.41) is 2.93. The Bertz CT molecular complexity index is 266. The number of thioether (sulfide) groups is 1. The second kappa shape index (κ2) is 2.14. The van der Waals surface area contributed by atoms with E-state index in [1.165, 1.54) is 0 Å². The van der Waals surface area contributed by atoms with Crippen LogP contribution in [-0.2, 0) is 0 Å². The highest BCUT2D eigenvalue weighted by Crippen LogP contribution is 2.24. The first-order chi connectivity index (χ1) is 4.88.